The molecule has 42 heavy (non-hydrogen) atoms. The molecular formula is C26H34N8O6S2. The Bertz CT molecular complexity index is 1290. The van der Waals surface area contributed by atoms with Crippen molar-refractivity contribution in [1.82, 2.24) is 30.4 Å². The Morgan fingerprint density at radius 2 is 1.14 bits per heavy atom. The molecular weight excluding hydrogens is 584 g/mol. The lowest BCUT2D eigenvalue weighted by Gasteiger charge is -2.28. The van der Waals surface area contributed by atoms with E-state index in [9.17, 15) is 19.2 Å². The molecule has 0 bridgehead atoms. The van der Waals surface area contributed by atoms with Crippen LogP contribution in [0.2, 0.25) is 0 Å². The fraction of sp³-hybridized carbons (Fsp3) is 0.538. The highest BCUT2D eigenvalue weighted by atomic mass is 32.1. The van der Waals surface area contributed by atoms with Crippen molar-refractivity contribution in [3.05, 3.63) is 12.1 Å². The molecule has 0 aliphatic carbocycles. The van der Waals surface area contributed by atoms with E-state index in [1.54, 1.807) is 19.9 Å². The number of nitrogens with one attached hydrogen (secondary N) is 2. The molecule has 2 aliphatic heterocycles. The summed E-state index contributed by atoms with van der Waals surface area (Å²) in [6, 6.07) is 3.56. The Morgan fingerprint density at radius 3 is 1.52 bits per heavy atom. The SMILES string of the molecule is CCOC(=O)N(C(=O)CN1CCNCC1)c1nc2cc3nc(N(C(=O)CN4CCNCC4)C(=O)OCC)sc3cc2s1. The third-order valence-corrected chi connectivity index (χ3v) is 8.80. The minimum Gasteiger partial charge on any atom is -0.449 e. The molecule has 226 valence electrons. The number of rotatable bonds is 8. The van der Waals surface area contributed by atoms with Gasteiger partial charge in [0.05, 0.1) is 46.7 Å². The van der Waals surface area contributed by atoms with Crippen molar-refractivity contribution in [1.29, 1.82) is 0 Å². The number of carbonyl (C=O) groups excluding carboxylic acids is 4. The number of aromatic nitrogens is 2. The first-order valence-corrected chi connectivity index (χ1v) is 15.6. The van der Waals surface area contributed by atoms with Crippen molar-refractivity contribution in [2.24, 2.45) is 0 Å². The van der Waals surface area contributed by atoms with Gasteiger partial charge in [0.2, 0.25) is 10.3 Å². The number of fused-ring (bicyclic) bond motifs is 2. The number of hydrogen-bond donors (Lipinski definition) is 2. The van der Waals surface area contributed by atoms with Gasteiger partial charge >= 0.3 is 12.2 Å². The Hall–Kier alpha value is -3.28. The Labute approximate surface area is 250 Å². The number of thiazole rings is 2. The lowest BCUT2D eigenvalue weighted by atomic mass is 10.3. The van der Waals surface area contributed by atoms with Crippen LogP contribution in [0.1, 0.15) is 13.8 Å². The highest BCUT2D eigenvalue weighted by Gasteiger charge is 2.32. The highest BCUT2D eigenvalue weighted by molar-refractivity contribution is 7.24. The maximum absolute atomic E-state index is 13.3. The first-order chi connectivity index (χ1) is 20.4. The lowest BCUT2D eigenvalue weighted by Crippen LogP contribution is -2.49. The summed E-state index contributed by atoms with van der Waals surface area (Å²) < 4.78 is 11.8. The predicted octanol–water partition coefficient (Wildman–Crippen LogP) is 1.70. The van der Waals surface area contributed by atoms with Crippen LogP contribution in [-0.2, 0) is 19.1 Å². The van der Waals surface area contributed by atoms with Crippen LogP contribution in [-0.4, -0.2) is 122 Å². The highest BCUT2D eigenvalue weighted by Crippen LogP contribution is 2.37. The quantitative estimate of drug-likeness (QED) is 0.378. The molecule has 3 aromatic rings. The van der Waals surface area contributed by atoms with Crippen molar-refractivity contribution in [3.8, 4) is 0 Å². The van der Waals surface area contributed by atoms with Crippen LogP contribution >= 0.6 is 22.7 Å². The van der Waals surface area contributed by atoms with E-state index in [2.05, 4.69) is 20.6 Å². The third kappa shape index (κ3) is 6.85. The van der Waals surface area contributed by atoms with Gasteiger partial charge in [0, 0.05) is 52.4 Å². The normalized spacial score (nSPS) is 16.4. The maximum Gasteiger partial charge on any atom is 0.423 e. The van der Waals surface area contributed by atoms with Crippen LogP contribution in [0.3, 0.4) is 0 Å². The summed E-state index contributed by atoms with van der Waals surface area (Å²) in [4.78, 5) is 67.4. The molecule has 0 atom stereocenters. The molecule has 16 heteroatoms. The molecule has 5 rings (SSSR count). The van der Waals surface area contributed by atoms with E-state index < -0.39 is 24.0 Å². The fourth-order valence-electron chi connectivity index (χ4n) is 4.73. The van der Waals surface area contributed by atoms with Crippen LogP contribution in [0.5, 0.6) is 0 Å². The minimum absolute atomic E-state index is 0.0715. The van der Waals surface area contributed by atoms with Gasteiger partial charge in [0.1, 0.15) is 0 Å². The third-order valence-electron chi connectivity index (χ3n) is 6.79. The number of hydrogen-bond acceptors (Lipinski definition) is 14. The van der Waals surface area contributed by atoms with Crippen molar-refractivity contribution >= 4 is 77.4 Å². The summed E-state index contributed by atoms with van der Waals surface area (Å²) in [5, 5.41) is 6.91. The average molecular weight is 619 g/mol. The molecule has 4 heterocycles. The van der Waals surface area contributed by atoms with Crippen molar-refractivity contribution in [2.45, 2.75) is 13.8 Å². The van der Waals surface area contributed by atoms with Gasteiger partial charge in [0.25, 0.3) is 11.8 Å². The summed E-state index contributed by atoms with van der Waals surface area (Å²) in [5.41, 5.74) is 1.05. The van der Waals surface area contributed by atoms with Crippen LogP contribution < -0.4 is 20.4 Å². The van der Waals surface area contributed by atoms with Gasteiger partial charge in [0.15, 0.2) is 0 Å². The second-order valence-electron chi connectivity index (χ2n) is 9.69. The Morgan fingerprint density at radius 1 is 0.738 bits per heavy atom. The standard InChI is InChI=1S/C26H34N8O6S2/c1-3-39-25(37)33(21(35)15-31-9-5-27-6-10-31)23-29-17-13-18-20(14-19(17)41-23)42-24(30-18)34(26(38)40-4-2)22(36)16-32-11-7-28-8-12-32/h13-14,27-28H,3-12,15-16H2,1-2H3. The average Bonchev–Trinajstić information content (AvgIpc) is 3.55. The second kappa shape index (κ2) is 13.8. The molecule has 2 saturated heterocycles. The number of benzene rings is 1. The van der Waals surface area contributed by atoms with E-state index in [-0.39, 0.29) is 36.6 Å². The van der Waals surface area contributed by atoms with Crippen molar-refractivity contribution in [2.75, 3.05) is 88.5 Å². The van der Waals surface area contributed by atoms with Gasteiger partial charge in [-0.2, -0.15) is 9.80 Å². The number of anilines is 2. The molecule has 2 N–H and O–H groups in total. The molecule has 14 nitrogen and oxygen atoms in total. The molecule has 0 unspecified atom stereocenters. The van der Waals surface area contributed by atoms with E-state index in [4.69, 9.17) is 9.47 Å². The Kier molecular flexibility index (Phi) is 9.91. The van der Waals surface area contributed by atoms with Gasteiger partial charge < -0.3 is 20.1 Å². The van der Waals surface area contributed by atoms with Gasteiger partial charge in [-0.25, -0.2) is 19.6 Å². The first-order valence-electron chi connectivity index (χ1n) is 13.9. The van der Waals surface area contributed by atoms with Gasteiger partial charge in [-0.05, 0) is 26.0 Å². The largest absolute Gasteiger partial charge is 0.449 e. The van der Waals surface area contributed by atoms with Crippen LogP contribution in [0.4, 0.5) is 19.9 Å². The zero-order valence-electron chi connectivity index (χ0n) is 23.6. The molecule has 2 aliphatic rings. The summed E-state index contributed by atoms with van der Waals surface area (Å²) in [7, 11) is 0. The molecule has 0 saturated carbocycles. The lowest BCUT2D eigenvalue weighted by molar-refractivity contribution is -0.120. The summed E-state index contributed by atoms with van der Waals surface area (Å²) >= 11 is 2.37. The number of nitrogens with zero attached hydrogens (tertiary/aromatic N) is 6. The first kappa shape index (κ1) is 30.2. The predicted molar refractivity (Wildman–Crippen MR) is 160 cm³/mol. The number of piperazine rings is 2. The van der Waals surface area contributed by atoms with E-state index in [1.165, 1.54) is 22.7 Å². The molecule has 1 aromatic carbocycles. The molecule has 0 spiro atoms. The minimum atomic E-state index is -0.771. The second-order valence-corrected chi connectivity index (χ2v) is 11.7. The van der Waals surface area contributed by atoms with Crippen LogP contribution in [0.25, 0.3) is 20.4 Å². The van der Waals surface area contributed by atoms with Crippen LogP contribution in [0.15, 0.2) is 12.1 Å². The van der Waals surface area contributed by atoms with Crippen molar-refractivity contribution < 1.29 is 28.7 Å². The summed E-state index contributed by atoms with van der Waals surface area (Å²) in [6.45, 7) is 9.64. The zero-order chi connectivity index (χ0) is 29.6. The topological polar surface area (TPSA) is 150 Å². The van der Waals surface area contributed by atoms with E-state index in [1.807, 2.05) is 15.9 Å². The number of carbonyl (C=O) groups is 4. The van der Waals surface area contributed by atoms with E-state index in [0.717, 1.165) is 36.0 Å². The number of ether oxygens (including phenoxy) is 2. The molecule has 2 aromatic heterocycles. The number of amides is 4. The maximum atomic E-state index is 13.3. The van der Waals surface area contributed by atoms with Gasteiger partial charge in [-0.3, -0.25) is 19.4 Å². The number of imide groups is 2. The Balaban J connectivity index is 1.42. The molecule has 4 amide bonds. The molecule has 2 fully saturated rings. The van der Waals surface area contributed by atoms with Crippen LogP contribution in [0, 0.1) is 0 Å². The monoisotopic (exact) mass is 618 g/mol. The van der Waals surface area contributed by atoms with Gasteiger partial charge in [-0.15, -0.1) is 0 Å². The van der Waals surface area contributed by atoms with E-state index >= 15 is 0 Å². The van der Waals surface area contributed by atoms with Crippen molar-refractivity contribution in [3.63, 3.8) is 0 Å². The molecule has 0 radical (unpaired) electrons. The van der Waals surface area contributed by atoms with Gasteiger partial charge in [-0.1, -0.05) is 22.7 Å². The zero-order valence-corrected chi connectivity index (χ0v) is 25.2. The smallest absolute Gasteiger partial charge is 0.423 e. The van der Waals surface area contributed by atoms with E-state index in [0.29, 0.717) is 46.6 Å². The summed E-state index contributed by atoms with van der Waals surface area (Å²) in [5.74, 6) is -0.825. The fourth-order valence-corrected chi connectivity index (χ4v) is 6.79. The summed E-state index contributed by atoms with van der Waals surface area (Å²) in [6.07, 6.45) is -1.54.